The molecule has 1 N–H and O–H groups in total. The lowest BCUT2D eigenvalue weighted by Gasteiger charge is -2.42. The van der Waals surface area contributed by atoms with Gasteiger partial charge in [-0.3, -0.25) is 4.90 Å². The second-order valence-corrected chi connectivity index (χ2v) is 7.33. The maximum Gasteiger partial charge on any atom is 0.410 e. The van der Waals surface area contributed by atoms with Gasteiger partial charge in [0.15, 0.2) is 0 Å². The van der Waals surface area contributed by atoms with Crippen LogP contribution in [0.1, 0.15) is 31.2 Å². The molecule has 3 aliphatic rings. The minimum absolute atomic E-state index is 0.177. The third kappa shape index (κ3) is 3.57. The van der Waals surface area contributed by atoms with E-state index in [1.165, 1.54) is 25.7 Å². The second-order valence-electron chi connectivity index (χ2n) is 7.33. The summed E-state index contributed by atoms with van der Waals surface area (Å²) in [6.45, 7) is 3.88. The molecule has 0 radical (unpaired) electrons. The molecule has 3 aliphatic heterocycles. The number of carbonyl (C=O) groups is 1. The lowest BCUT2D eigenvalue weighted by molar-refractivity contribution is 0.0499. The number of ether oxygens (including phenoxy) is 1. The van der Waals surface area contributed by atoms with Crippen molar-refractivity contribution < 1.29 is 9.53 Å². The molecule has 3 heterocycles. The van der Waals surface area contributed by atoms with Gasteiger partial charge < -0.3 is 15.0 Å². The standard InChI is InChI=1S/C19H27N3O2/c23-19(24-14-15-4-2-1-3-5-15)22-10-8-21(9-11-22)18-12-16-6-7-17(13-18)20-16/h1-5,16-18,20H,6-14H2. The quantitative estimate of drug-likeness (QED) is 0.924. The second kappa shape index (κ2) is 7.11. The Balaban J connectivity index is 1.23. The van der Waals surface area contributed by atoms with Gasteiger partial charge in [-0.25, -0.2) is 4.79 Å². The van der Waals surface area contributed by atoms with E-state index in [0.29, 0.717) is 12.6 Å². The summed E-state index contributed by atoms with van der Waals surface area (Å²) in [6.07, 6.45) is 5.05. The monoisotopic (exact) mass is 329 g/mol. The van der Waals surface area contributed by atoms with E-state index >= 15 is 0 Å². The number of piperidine rings is 1. The Morgan fingerprint density at radius 2 is 1.71 bits per heavy atom. The highest BCUT2D eigenvalue weighted by molar-refractivity contribution is 5.67. The SMILES string of the molecule is O=C(OCc1ccccc1)N1CCN(C2CC3CCC(C2)N3)CC1. The number of nitrogens with zero attached hydrogens (tertiary/aromatic N) is 2. The average Bonchev–Trinajstić information content (AvgIpc) is 2.98. The lowest BCUT2D eigenvalue weighted by atomic mass is 9.97. The summed E-state index contributed by atoms with van der Waals surface area (Å²) >= 11 is 0. The normalized spacial score (nSPS) is 30.3. The molecular weight excluding hydrogens is 302 g/mol. The van der Waals surface area contributed by atoms with Crippen molar-refractivity contribution in [3.05, 3.63) is 35.9 Å². The molecule has 2 bridgehead atoms. The van der Waals surface area contributed by atoms with Gasteiger partial charge in [0.2, 0.25) is 0 Å². The van der Waals surface area contributed by atoms with Crippen LogP contribution in [0.4, 0.5) is 4.79 Å². The Morgan fingerprint density at radius 1 is 1.04 bits per heavy atom. The molecule has 3 fully saturated rings. The zero-order chi connectivity index (χ0) is 16.4. The Morgan fingerprint density at radius 3 is 2.38 bits per heavy atom. The molecule has 1 aromatic rings. The smallest absolute Gasteiger partial charge is 0.410 e. The Bertz CT molecular complexity index is 545. The molecule has 0 saturated carbocycles. The molecule has 0 spiro atoms. The van der Waals surface area contributed by atoms with Gasteiger partial charge in [0.25, 0.3) is 0 Å². The third-order valence-electron chi connectivity index (χ3n) is 5.74. The summed E-state index contributed by atoms with van der Waals surface area (Å²) in [5.74, 6) is 0. The topological polar surface area (TPSA) is 44.8 Å². The van der Waals surface area contributed by atoms with E-state index in [4.69, 9.17) is 4.74 Å². The maximum atomic E-state index is 12.2. The molecule has 1 aromatic carbocycles. The number of amides is 1. The molecule has 3 saturated heterocycles. The first-order valence-corrected chi connectivity index (χ1v) is 9.23. The van der Waals surface area contributed by atoms with Crippen molar-refractivity contribution in [3.8, 4) is 0 Å². The van der Waals surface area contributed by atoms with Gasteiger partial charge >= 0.3 is 6.09 Å². The van der Waals surface area contributed by atoms with Crippen molar-refractivity contribution in [1.82, 2.24) is 15.1 Å². The van der Waals surface area contributed by atoms with Gasteiger partial charge in [-0.15, -0.1) is 0 Å². The fraction of sp³-hybridized carbons (Fsp3) is 0.632. The van der Waals surface area contributed by atoms with Gasteiger partial charge in [-0.1, -0.05) is 30.3 Å². The summed E-state index contributed by atoms with van der Waals surface area (Å²) in [7, 11) is 0. The predicted octanol–water partition coefficient (Wildman–Crippen LogP) is 2.22. The van der Waals surface area contributed by atoms with Crippen LogP contribution < -0.4 is 5.32 Å². The van der Waals surface area contributed by atoms with E-state index in [9.17, 15) is 4.79 Å². The predicted molar refractivity (Wildman–Crippen MR) is 92.7 cm³/mol. The molecule has 5 heteroatoms. The van der Waals surface area contributed by atoms with Crippen LogP contribution in [0.3, 0.4) is 0 Å². The van der Waals surface area contributed by atoms with Gasteiger partial charge in [0.05, 0.1) is 0 Å². The molecular formula is C19H27N3O2. The average molecular weight is 329 g/mol. The highest BCUT2D eigenvalue weighted by Gasteiger charge is 2.37. The number of carbonyl (C=O) groups excluding carboxylic acids is 1. The molecule has 2 unspecified atom stereocenters. The Kier molecular flexibility index (Phi) is 4.72. The summed E-state index contributed by atoms with van der Waals surface area (Å²) in [6, 6.07) is 12.0. The van der Waals surface area contributed by atoms with E-state index in [0.717, 1.165) is 43.8 Å². The molecule has 24 heavy (non-hydrogen) atoms. The van der Waals surface area contributed by atoms with E-state index in [2.05, 4.69) is 10.2 Å². The zero-order valence-electron chi connectivity index (χ0n) is 14.2. The molecule has 130 valence electrons. The van der Waals surface area contributed by atoms with Crippen molar-refractivity contribution in [2.24, 2.45) is 0 Å². The van der Waals surface area contributed by atoms with E-state index in [-0.39, 0.29) is 6.09 Å². The van der Waals surface area contributed by atoms with Gasteiger partial charge in [-0.05, 0) is 31.2 Å². The number of hydrogen-bond donors (Lipinski definition) is 1. The molecule has 0 aromatic heterocycles. The highest BCUT2D eigenvalue weighted by atomic mass is 16.6. The number of hydrogen-bond acceptors (Lipinski definition) is 4. The van der Waals surface area contributed by atoms with Crippen LogP contribution in [0.5, 0.6) is 0 Å². The fourth-order valence-corrected chi connectivity index (χ4v) is 4.41. The van der Waals surface area contributed by atoms with Crippen molar-refractivity contribution in [2.45, 2.75) is 50.4 Å². The number of fused-ring (bicyclic) bond motifs is 2. The Hall–Kier alpha value is -1.59. The number of piperazine rings is 1. The number of benzene rings is 1. The zero-order valence-corrected chi connectivity index (χ0v) is 14.2. The highest BCUT2D eigenvalue weighted by Crippen LogP contribution is 2.30. The minimum atomic E-state index is -0.177. The van der Waals surface area contributed by atoms with Crippen molar-refractivity contribution >= 4 is 6.09 Å². The van der Waals surface area contributed by atoms with Crippen molar-refractivity contribution in [3.63, 3.8) is 0 Å². The molecule has 2 atom stereocenters. The van der Waals surface area contributed by atoms with Crippen LogP contribution in [-0.4, -0.2) is 60.2 Å². The summed E-state index contributed by atoms with van der Waals surface area (Å²) in [5, 5.41) is 3.71. The Labute approximate surface area is 144 Å². The van der Waals surface area contributed by atoms with Crippen LogP contribution in [-0.2, 0) is 11.3 Å². The summed E-state index contributed by atoms with van der Waals surface area (Å²) < 4.78 is 5.45. The molecule has 5 nitrogen and oxygen atoms in total. The van der Waals surface area contributed by atoms with E-state index in [1.807, 2.05) is 35.2 Å². The largest absolute Gasteiger partial charge is 0.445 e. The van der Waals surface area contributed by atoms with Crippen LogP contribution in [0.15, 0.2) is 30.3 Å². The minimum Gasteiger partial charge on any atom is -0.445 e. The number of nitrogens with one attached hydrogen (secondary N) is 1. The van der Waals surface area contributed by atoms with Gasteiger partial charge in [0.1, 0.15) is 6.61 Å². The van der Waals surface area contributed by atoms with E-state index < -0.39 is 0 Å². The third-order valence-corrected chi connectivity index (χ3v) is 5.74. The van der Waals surface area contributed by atoms with Crippen molar-refractivity contribution in [1.29, 1.82) is 0 Å². The first kappa shape index (κ1) is 15.9. The van der Waals surface area contributed by atoms with Crippen LogP contribution in [0.2, 0.25) is 0 Å². The summed E-state index contributed by atoms with van der Waals surface area (Å²) in [5.41, 5.74) is 1.04. The van der Waals surface area contributed by atoms with Gasteiger partial charge in [0, 0.05) is 44.3 Å². The fourth-order valence-electron chi connectivity index (χ4n) is 4.41. The molecule has 4 rings (SSSR count). The number of rotatable bonds is 3. The van der Waals surface area contributed by atoms with E-state index in [1.54, 1.807) is 0 Å². The first-order valence-electron chi connectivity index (χ1n) is 9.23. The first-order chi connectivity index (χ1) is 11.8. The lowest BCUT2D eigenvalue weighted by Crippen LogP contribution is -2.55. The summed E-state index contributed by atoms with van der Waals surface area (Å²) in [4.78, 5) is 16.7. The van der Waals surface area contributed by atoms with Crippen LogP contribution in [0.25, 0.3) is 0 Å². The van der Waals surface area contributed by atoms with Crippen molar-refractivity contribution in [2.75, 3.05) is 26.2 Å². The van der Waals surface area contributed by atoms with Crippen LogP contribution >= 0.6 is 0 Å². The van der Waals surface area contributed by atoms with Crippen LogP contribution in [0, 0.1) is 0 Å². The molecule has 1 amide bonds. The maximum absolute atomic E-state index is 12.2. The molecule has 0 aliphatic carbocycles. The van der Waals surface area contributed by atoms with Gasteiger partial charge in [-0.2, -0.15) is 0 Å².